The van der Waals surface area contributed by atoms with Crippen molar-refractivity contribution in [3.05, 3.63) is 47.9 Å². The zero-order chi connectivity index (χ0) is 16.8. The van der Waals surface area contributed by atoms with Gasteiger partial charge in [0.15, 0.2) is 0 Å². The highest BCUT2D eigenvalue weighted by Gasteiger charge is 2.31. The molecule has 0 aliphatic carbocycles. The molecule has 1 fully saturated rings. The fourth-order valence-electron chi connectivity index (χ4n) is 3.38. The van der Waals surface area contributed by atoms with E-state index in [1.165, 1.54) is 6.26 Å². The Bertz CT molecular complexity index is 572. The van der Waals surface area contributed by atoms with E-state index in [9.17, 15) is 9.90 Å². The van der Waals surface area contributed by atoms with E-state index in [2.05, 4.69) is 0 Å². The Kier molecular flexibility index (Phi) is 5.75. The lowest BCUT2D eigenvalue weighted by atomic mass is 9.98. The smallest absolute Gasteiger partial charge is 0.292 e. The van der Waals surface area contributed by atoms with Crippen LogP contribution in [-0.2, 0) is 14.3 Å². The van der Waals surface area contributed by atoms with Gasteiger partial charge in [0.2, 0.25) is 5.76 Å². The first-order valence-electron chi connectivity index (χ1n) is 8.74. The number of amides is 1. The molecule has 24 heavy (non-hydrogen) atoms. The fraction of sp³-hybridized carbons (Fsp3) is 0.526. The first-order chi connectivity index (χ1) is 11.8. The van der Waals surface area contributed by atoms with Crippen LogP contribution in [0.15, 0.2) is 42.4 Å². The number of rotatable bonds is 4. The van der Waals surface area contributed by atoms with Crippen LogP contribution in [-0.4, -0.2) is 41.7 Å². The Labute approximate surface area is 142 Å². The van der Waals surface area contributed by atoms with Gasteiger partial charge in [-0.2, -0.15) is 0 Å². The van der Waals surface area contributed by atoms with E-state index in [0.717, 1.165) is 31.2 Å². The number of aliphatic hydroxyl groups is 1. The minimum Gasteiger partial charge on any atom is -0.494 e. The summed E-state index contributed by atoms with van der Waals surface area (Å²) >= 11 is 0. The predicted octanol–water partition coefficient (Wildman–Crippen LogP) is 2.77. The Balaban J connectivity index is 1.72. The van der Waals surface area contributed by atoms with Gasteiger partial charge in [-0.15, -0.1) is 0 Å². The van der Waals surface area contributed by atoms with Crippen LogP contribution in [0.1, 0.15) is 43.8 Å². The number of ether oxygens (including phenoxy) is 2. The molecule has 1 N–H and O–H groups in total. The number of nitrogens with zero attached hydrogens (tertiary/aromatic N) is 1. The minimum absolute atomic E-state index is 0.0154. The van der Waals surface area contributed by atoms with Crippen LogP contribution in [0.2, 0.25) is 0 Å². The Morgan fingerprint density at radius 2 is 2.04 bits per heavy atom. The van der Waals surface area contributed by atoms with Crippen molar-refractivity contribution < 1.29 is 19.4 Å². The van der Waals surface area contributed by atoms with Crippen molar-refractivity contribution in [1.82, 2.24) is 4.90 Å². The van der Waals surface area contributed by atoms with Crippen molar-refractivity contribution in [2.45, 2.75) is 44.2 Å². The Hall–Kier alpha value is -2.01. The van der Waals surface area contributed by atoms with Crippen molar-refractivity contribution in [3.8, 4) is 0 Å². The lowest BCUT2D eigenvalue weighted by Crippen LogP contribution is -2.42. The quantitative estimate of drug-likeness (QED) is 0.922. The van der Waals surface area contributed by atoms with Gasteiger partial charge in [-0.05, 0) is 24.8 Å². The maximum absolute atomic E-state index is 12.8. The number of hydrogen-bond acceptors (Lipinski definition) is 4. The molecule has 5 nitrogen and oxygen atoms in total. The molecule has 0 saturated carbocycles. The average Bonchev–Trinajstić information content (AvgIpc) is 2.88. The summed E-state index contributed by atoms with van der Waals surface area (Å²) in [5, 5.41) is 10.6. The summed E-state index contributed by atoms with van der Waals surface area (Å²) in [5.74, 6) is 0.157. The van der Waals surface area contributed by atoms with Crippen LogP contribution in [0.5, 0.6) is 0 Å². The van der Waals surface area contributed by atoms with Crippen molar-refractivity contribution in [2.75, 3.05) is 19.8 Å². The molecule has 2 heterocycles. The zero-order valence-electron chi connectivity index (χ0n) is 13.9. The van der Waals surface area contributed by atoms with E-state index < -0.39 is 6.10 Å². The number of benzene rings is 1. The number of aliphatic hydroxyl groups excluding tert-OH is 1. The second-order valence-electron chi connectivity index (χ2n) is 6.37. The van der Waals surface area contributed by atoms with Gasteiger partial charge < -0.3 is 19.5 Å². The van der Waals surface area contributed by atoms with Crippen LogP contribution in [0, 0.1) is 0 Å². The van der Waals surface area contributed by atoms with Crippen LogP contribution >= 0.6 is 0 Å². The molecule has 0 unspecified atom stereocenters. The number of carbonyl (C=O) groups excluding carboxylic acids is 1. The third-order valence-electron chi connectivity index (χ3n) is 4.68. The normalized spacial score (nSPS) is 22.6. The van der Waals surface area contributed by atoms with E-state index in [4.69, 9.17) is 9.47 Å². The highest BCUT2D eigenvalue weighted by molar-refractivity contribution is 5.91. The van der Waals surface area contributed by atoms with Gasteiger partial charge >= 0.3 is 0 Å². The van der Waals surface area contributed by atoms with E-state index in [1.807, 2.05) is 35.2 Å². The molecule has 2 atom stereocenters. The molecule has 0 aromatic heterocycles. The topological polar surface area (TPSA) is 59.0 Å². The van der Waals surface area contributed by atoms with Crippen LogP contribution in [0.4, 0.5) is 0 Å². The van der Waals surface area contributed by atoms with Gasteiger partial charge in [-0.25, -0.2) is 0 Å². The predicted molar refractivity (Wildman–Crippen MR) is 90.0 cm³/mol. The molecule has 0 spiro atoms. The molecule has 3 rings (SSSR count). The van der Waals surface area contributed by atoms with E-state index in [1.54, 1.807) is 0 Å². The SMILES string of the molecule is O=C(C1=COCCO1)N1CCCCC[C@H]1C[C@@H](O)c1ccccc1. The van der Waals surface area contributed by atoms with E-state index >= 15 is 0 Å². The summed E-state index contributed by atoms with van der Waals surface area (Å²) in [6.45, 7) is 1.58. The fourth-order valence-corrected chi connectivity index (χ4v) is 3.38. The maximum atomic E-state index is 12.8. The number of hydrogen-bond donors (Lipinski definition) is 1. The van der Waals surface area contributed by atoms with Crippen LogP contribution in [0.3, 0.4) is 0 Å². The highest BCUT2D eigenvalue weighted by atomic mass is 16.6. The number of likely N-dealkylation sites (tertiary alicyclic amines) is 1. The minimum atomic E-state index is -0.567. The molecule has 130 valence electrons. The van der Waals surface area contributed by atoms with Crippen LogP contribution < -0.4 is 0 Å². The van der Waals surface area contributed by atoms with Crippen molar-refractivity contribution in [1.29, 1.82) is 0 Å². The molecule has 0 radical (unpaired) electrons. The van der Waals surface area contributed by atoms with Crippen molar-refractivity contribution in [3.63, 3.8) is 0 Å². The van der Waals surface area contributed by atoms with Gasteiger partial charge in [0.05, 0.1) is 6.10 Å². The number of carbonyl (C=O) groups is 1. The molecule has 0 bridgehead atoms. The van der Waals surface area contributed by atoms with E-state index in [0.29, 0.717) is 26.2 Å². The van der Waals surface area contributed by atoms with Crippen molar-refractivity contribution >= 4 is 5.91 Å². The standard InChI is InChI=1S/C19H25NO4/c21-17(15-7-3-1-4-8-15)13-16-9-5-2-6-10-20(16)19(22)18-14-23-11-12-24-18/h1,3-4,7-8,14,16-17,21H,2,5-6,9-13H2/t16-,17+/m0/s1. The lowest BCUT2D eigenvalue weighted by Gasteiger charge is -2.32. The molecule has 1 aromatic carbocycles. The summed E-state index contributed by atoms with van der Waals surface area (Å²) in [4.78, 5) is 14.7. The summed E-state index contributed by atoms with van der Waals surface area (Å²) < 4.78 is 10.7. The molecular weight excluding hydrogens is 306 g/mol. The third-order valence-corrected chi connectivity index (χ3v) is 4.68. The first-order valence-corrected chi connectivity index (χ1v) is 8.74. The molecule has 1 amide bonds. The van der Waals surface area contributed by atoms with Crippen molar-refractivity contribution in [2.24, 2.45) is 0 Å². The first kappa shape index (κ1) is 16.8. The highest BCUT2D eigenvalue weighted by Crippen LogP contribution is 2.27. The summed E-state index contributed by atoms with van der Waals surface area (Å²) in [6, 6.07) is 9.65. The average molecular weight is 331 g/mol. The van der Waals surface area contributed by atoms with Gasteiger partial charge in [0.1, 0.15) is 19.5 Å². The second kappa shape index (κ2) is 8.20. The van der Waals surface area contributed by atoms with Gasteiger partial charge in [0, 0.05) is 12.6 Å². The third kappa shape index (κ3) is 4.09. The lowest BCUT2D eigenvalue weighted by molar-refractivity contribution is -0.135. The Morgan fingerprint density at radius 3 is 2.79 bits per heavy atom. The molecule has 2 aliphatic rings. The van der Waals surface area contributed by atoms with Gasteiger partial charge in [-0.3, -0.25) is 4.79 Å². The Morgan fingerprint density at radius 1 is 1.21 bits per heavy atom. The van der Waals surface area contributed by atoms with Gasteiger partial charge in [-0.1, -0.05) is 43.2 Å². The molecule has 1 saturated heterocycles. The monoisotopic (exact) mass is 331 g/mol. The second-order valence-corrected chi connectivity index (χ2v) is 6.37. The van der Waals surface area contributed by atoms with E-state index in [-0.39, 0.29) is 17.7 Å². The summed E-state index contributed by atoms with van der Waals surface area (Å²) in [5.41, 5.74) is 0.894. The maximum Gasteiger partial charge on any atom is 0.292 e. The zero-order valence-corrected chi connectivity index (χ0v) is 13.9. The van der Waals surface area contributed by atoms with Gasteiger partial charge in [0.25, 0.3) is 5.91 Å². The molecule has 5 heteroatoms. The largest absolute Gasteiger partial charge is 0.494 e. The summed E-state index contributed by atoms with van der Waals surface area (Å²) in [7, 11) is 0. The molecule has 2 aliphatic heterocycles. The molecule has 1 aromatic rings. The van der Waals surface area contributed by atoms with Crippen LogP contribution in [0.25, 0.3) is 0 Å². The summed E-state index contributed by atoms with van der Waals surface area (Å²) in [6.07, 6.45) is 5.47. The molecular formula is C19H25NO4.